The van der Waals surface area contributed by atoms with Gasteiger partial charge in [-0.25, -0.2) is 4.39 Å². The standard InChI is InChI=1S/C16H24FN/c1-16(2)10-5-7-14(9-11-16)18-12-13-6-3-4-8-15(13)17/h3-4,6,8,14,18H,5,7,9-12H2,1-2H3. The summed E-state index contributed by atoms with van der Waals surface area (Å²) in [6, 6.07) is 7.59. The average molecular weight is 249 g/mol. The molecule has 0 bridgehead atoms. The minimum absolute atomic E-state index is 0.0982. The summed E-state index contributed by atoms with van der Waals surface area (Å²) in [6.07, 6.45) is 6.29. The monoisotopic (exact) mass is 249 g/mol. The smallest absolute Gasteiger partial charge is 0.127 e. The lowest BCUT2D eigenvalue weighted by Gasteiger charge is -2.22. The molecule has 0 saturated heterocycles. The van der Waals surface area contributed by atoms with Crippen LogP contribution in [-0.2, 0) is 6.54 Å². The maximum atomic E-state index is 13.5. The second kappa shape index (κ2) is 5.83. The first-order chi connectivity index (χ1) is 8.57. The second-order valence-electron chi connectivity index (χ2n) is 6.26. The van der Waals surface area contributed by atoms with Crippen LogP contribution in [0, 0.1) is 11.2 Å². The predicted molar refractivity (Wildman–Crippen MR) is 73.9 cm³/mol. The Labute approximate surface area is 110 Å². The van der Waals surface area contributed by atoms with Crippen LogP contribution in [0.1, 0.15) is 51.5 Å². The van der Waals surface area contributed by atoms with Gasteiger partial charge in [0.05, 0.1) is 0 Å². The molecule has 1 aromatic carbocycles. The number of halogens is 1. The highest BCUT2D eigenvalue weighted by atomic mass is 19.1. The molecule has 1 unspecified atom stereocenters. The van der Waals surface area contributed by atoms with Gasteiger partial charge < -0.3 is 5.32 Å². The van der Waals surface area contributed by atoms with Crippen LogP contribution in [-0.4, -0.2) is 6.04 Å². The SMILES string of the molecule is CC1(C)CCCC(NCc2ccccc2F)CC1. The van der Waals surface area contributed by atoms with Gasteiger partial charge >= 0.3 is 0 Å². The molecule has 2 rings (SSSR count). The van der Waals surface area contributed by atoms with Crippen molar-refractivity contribution in [2.24, 2.45) is 5.41 Å². The van der Waals surface area contributed by atoms with Gasteiger partial charge in [0, 0.05) is 18.2 Å². The maximum absolute atomic E-state index is 13.5. The fourth-order valence-corrected chi connectivity index (χ4v) is 2.76. The normalized spacial score (nSPS) is 23.6. The summed E-state index contributed by atoms with van der Waals surface area (Å²) in [6.45, 7) is 5.36. The van der Waals surface area contributed by atoms with Gasteiger partial charge in [0.15, 0.2) is 0 Å². The van der Waals surface area contributed by atoms with Crippen molar-refractivity contribution in [3.8, 4) is 0 Å². The van der Waals surface area contributed by atoms with E-state index in [4.69, 9.17) is 0 Å². The molecule has 2 heteroatoms. The van der Waals surface area contributed by atoms with Crippen molar-refractivity contribution >= 4 is 0 Å². The highest BCUT2D eigenvalue weighted by molar-refractivity contribution is 5.17. The molecule has 1 atom stereocenters. The lowest BCUT2D eigenvalue weighted by atomic mass is 9.85. The molecular formula is C16H24FN. The number of rotatable bonds is 3. The van der Waals surface area contributed by atoms with Crippen molar-refractivity contribution in [3.05, 3.63) is 35.6 Å². The van der Waals surface area contributed by atoms with Gasteiger partial charge in [-0.15, -0.1) is 0 Å². The summed E-state index contributed by atoms with van der Waals surface area (Å²) < 4.78 is 13.5. The Morgan fingerprint density at radius 2 is 2.00 bits per heavy atom. The largest absolute Gasteiger partial charge is 0.310 e. The molecule has 1 aromatic rings. The first kappa shape index (κ1) is 13.5. The van der Waals surface area contributed by atoms with Crippen molar-refractivity contribution < 1.29 is 4.39 Å². The molecule has 1 aliphatic carbocycles. The Hall–Kier alpha value is -0.890. The van der Waals surface area contributed by atoms with Crippen LogP contribution in [0.2, 0.25) is 0 Å². The molecule has 0 aliphatic heterocycles. The Morgan fingerprint density at radius 1 is 1.22 bits per heavy atom. The van der Waals surface area contributed by atoms with Gasteiger partial charge in [-0.05, 0) is 37.2 Å². The highest BCUT2D eigenvalue weighted by Crippen LogP contribution is 2.33. The minimum Gasteiger partial charge on any atom is -0.310 e. The van der Waals surface area contributed by atoms with E-state index >= 15 is 0 Å². The highest BCUT2D eigenvalue weighted by Gasteiger charge is 2.23. The average Bonchev–Trinajstić information content (AvgIpc) is 2.50. The molecule has 1 saturated carbocycles. The molecule has 0 amide bonds. The van der Waals surface area contributed by atoms with Crippen LogP contribution in [0.4, 0.5) is 4.39 Å². The third kappa shape index (κ3) is 3.81. The Bertz CT molecular complexity index is 386. The third-order valence-corrected chi connectivity index (χ3v) is 4.11. The fourth-order valence-electron chi connectivity index (χ4n) is 2.76. The lowest BCUT2D eigenvalue weighted by molar-refractivity contribution is 0.309. The molecule has 18 heavy (non-hydrogen) atoms. The van der Waals surface area contributed by atoms with Crippen molar-refractivity contribution in [2.45, 2.75) is 58.5 Å². The summed E-state index contributed by atoms with van der Waals surface area (Å²) in [4.78, 5) is 0. The van der Waals surface area contributed by atoms with E-state index in [0.29, 0.717) is 18.0 Å². The van der Waals surface area contributed by atoms with E-state index < -0.39 is 0 Å². The Kier molecular flexibility index (Phi) is 4.39. The Morgan fingerprint density at radius 3 is 2.78 bits per heavy atom. The van der Waals surface area contributed by atoms with Gasteiger partial charge in [0.1, 0.15) is 5.82 Å². The predicted octanol–water partition coefficient (Wildman–Crippen LogP) is 4.27. The molecule has 0 aromatic heterocycles. The molecule has 1 N–H and O–H groups in total. The molecule has 0 spiro atoms. The van der Waals surface area contributed by atoms with Crippen LogP contribution in [0.3, 0.4) is 0 Å². The number of nitrogens with one attached hydrogen (secondary N) is 1. The van der Waals surface area contributed by atoms with Crippen LogP contribution in [0.25, 0.3) is 0 Å². The van der Waals surface area contributed by atoms with E-state index in [0.717, 1.165) is 5.56 Å². The van der Waals surface area contributed by atoms with Gasteiger partial charge in [0.25, 0.3) is 0 Å². The van der Waals surface area contributed by atoms with Gasteiger partial charge in [-0.1, -0.05) is 38.5 Å². The minimum atomic E-state index is -0.0982. The van der Waals surface area contributed by atoms with Crippen molar-refractivity contribution in [3.63, 3.8) is 0 Å². The molecular weight excluding hydrogens is 225 g/mol. The summed E-state index contributed by atoms with van der Waals surface area (Å²) in [5, 5.41) is 3.52. The van der Waals surface area contributed by atoms with E-state index in [1.807, 2.05) is 12.1 Å². The maximum Gasteiger partial charge on any atom is 0.127 e. The zero-order valence-corrected chi connectivity index (χ0v) is 11.5. The molecule has 0 radical (unpaired) electrons. The number of benzene rings is 1. The van der Waals surface area contributed by atoms with Crippen molar-refractivity contribution in [2.75, 3.05) is 0 Å². The molecule has 1 nitrogen and oxygen atoms in total. The summed E-state index contributed by atoms with van der Waals surface area (Å²) in [5.41, 5.74) is 1.26. The summed E-state index contributed by atoms with van der Waals surface area (Å²) >= 11 is 0. The summed E-state index contributed by atoms with van der Waals surface area (Å²) in [7, 11) is 0. The van der Waals surface area contributed by atoms with Crippen LogP contribution >= 0.6 is 0 Å². The fraction of sp³-hybridized carbons (Fsp3) is 0.625. The van der Waals surface area contributed by atoms with Gasteiger partial charge in [-0.2, -0.15) is 0 Å². The van der Waals surface area contributed by atoms with E-state index in [9.17, 15) is 4.39 Å². The topological polar surface area (TPSA) is 12.0 Å². The Balaban J connectivity index is 1.85. The summed E-state index contributed by atoms with van der Waals surface area (Å²) in [5.74, 6) is -0.0982. The van der Waals surface area contributed by atoms with Gasteiger partial charge in [-0.3, -0.25) is 0 Å². The zero-order valence-electron chi connectivity index (χ0n) is 11.5. The second-order valence-corrected chi connectivity index (χ2v) is 6.26. The first-order valence-electron chi connectivity index (χ1n) is 7.04. The van der Waals surface area contributed by atoms with E-state index in [-0.39, 0.29) is 5.82 Å². The van der Waals surface area contributed by atoms with Crippen LogP contribution in [0.15, 0.2) is 24.3 Å². The molecule has 1 aliphatic rings. The lowest BCUT2D eigenvalue weighted by Crippen LogP contribution is -2.28. The zero-order chi connectivity index (χ0) is 13.0. The van der Waals surface area contributed by atoms with Crippen molar-refractivity contribution in [1.82, 2.24) is 5.32 Å². The van der Waals surface area contributed by atoms with Crippen LogP contribution in [0.5, 0.6) is 0 Å². The molecule has 1 fully saturated rings. The quantitative estimate of drug-likeness (QED) is 0.789. The van der Waals surface area contributed by atoms with Crippen molar-refractivity contribution in [1.29, 1.82) is 0 Å². The van der Waals surface area contributed by atoms with E-state index in [1.165, 1.54) is 38.2 Å². The van der Waals surface area contributed by atoms with E-state index in [2.05, 4.69) is 19.2 Å². The van der Waals surface area contributed by atoms with Gasteiger partial charge in [0.2, 0.25) is 0 Å². The van der Waals surface area contributed by atoms with Crippen LogP contribution < -0.4 is 5.32 Å². The number of hydrogen-bond donors (Lipinski definition) is 1. The third-order valence-electron chi connectivity index (χ3n) is 4.11. The number of hydrogen-bond acceptors (Lipinski definition) is 1. The molecule has 100 valence electrons. The first-order valence-corrected chi connectivity index (χ1v) is 7.04. The molecule has 0 heterocycles. The van der Waals surface area contributed by atoms with E-state index in [1.54, 1.807) is 6.07 Å².